The number of hydrogen-bond donors (Lipinski definition) is 1. The van der Waals surface area contributed by atoms with E-state index in [-0.39, 0.29) is 11.2 Å². The molecule has 0 fully saturated rings. The summed E-state index contributed by atoms with van der Waals surface area (Å²) in [5.41, 5.74) is 0.767. The Morgan fingerprint density at radius 1 is 1.24 bits per heavy atom. The van der Waals surface area contributed by atoms with E-state index in [1.54, 1.807) is 22.7 Å². The third-order valence-electron chi connectivity index (χ3n) is 2.79. The van der Waals surface area contributed by atoms with Crippen molar-refractivity contribution in [1.82, 2.24) is 19.6 Å². The molecule has 106 valence electrons. The standard InChI is InChI=1S/C12H9N5O3S/c18-10-5-6-16-11(13-10)14-15-12(16)21-7-8-1-3-9(4-2-8)17(19)20/h1-6H,7H2,(H,13,14,18). The van der Waals surface area contributed by atoms with Gasteiger partial charge in [0, 0.05) is 30.1 Å². The minimum Gasteiger partial charge on any atom is -0.291 e. The molecule has 0 radical (unpaired) electrons. The monoisotopic (exact) mass is 303 g/mol. The van der Waals surface area contributed by atoms with Crippen LogP contribution in [-0.4, -0.2) is 24.5 Å². The summed E-state index contributed by atoms with van der Waals surface area (Å²) in [6.45, 7) is 0. The zero-order valence-corrected chi connectivity index (χ0v) is 11.4. The summed E-state index contributed by atoms with van der Waals surface area (Å²) >= 11 is 1.43. The SMILES string of the molecule is O=c1ccn2c(SCc3ccc([N+](=O)[O-])cc3)nnc2[nH]1. The number of fused-ring (bicyclic) bond motifs is 1. The average Bonchev–Trinajstić information content (AvgIpc) is 2.87. The number of thioether (sulfide) groups is 1. The molecule has 0 aliphatic heterocycles. The van der Waals surface area contributed by atoms with Crippen LogP contribution in [0.25, 0.3) is 5.78 Å². The number of non-ortho nitro benzene ring substituents is 1. The van der Waals surface area contributed by atoms with Crippen LogP contribution >= 0.6 is 11.8 Å². The lowest BCUT2D eigenvalue weighted by atomic mass is 10.2. The van der Waals surface area contributed by atoms with Crippen molar-refractivity contribution in [3.63, 3.8) is 0 Å². The normalized spacial score (nSPS) is 10.9. The highest BCUT2D eigenvalue weighted by atomic mass is 32.2. The number of aromatic amines is 1. The summed E-state index contributed by atoms with van der Waals surface area (Å²) < 4.78 is 1.68. The summed E-state index contributed by atoms with van der Waals surface area (Å²) in [7, 11) is 0. The quantitative estimate of drug-likeness (QED) is 0.446. The van der Waals surface area contributed by atoms with E-state index in [1.807, 2.05) is 0 Å². The molecule has 0 aliphatic carbocycles. The molecule has 21 heavy (non-hydrogen) atoms. The molecule has 0 spiro atoms. The molecular formula is C12H9N5O3S. The van der Waals surface area contributed by atoms with E-state index in [9.17, 15) is 14.9 Å². The fraction of sp³-hybridized carbons (Fsp3) is 0.0833. The molecule has 0 amide bonds. The molecule has 2 heterocycles. The zero-order chi connectivity index (χ0) is 14.8. The van der Waals surface area contributed by atoms with Gasteiger partial charge in [0.05, 0.1) is 4.92 Å². The Labute approximate surface area is 122 Å². The fourth-order valence-electron chi connectivity index (χ4n) is 1.75. The van der Waals surface area contributed by atoms with Gasteiger partial charge in [-0.15, -0.1) is 10.2 Å². The summed E-state index contributed by atoms with van der Waals surface area (Å²) in [5.74, 6) is 0.978. The summed E-state index contributed by atoms with van der Waals surface area (Å²) in [6, 6.07) is 7.74. The first kappa shape index (κ1) is 13.3. The van der Waals surface area contributed by atoms with Gasteiger partial charge >= 0.3 is 0 Å². The molecule has 0 aliphatic rings. The number of nitrogens with one attached hydrogen (secondary N) is 1. The molecule has 8 nitrogen and oxygen atoms in total. The minimum absolute atomic E-state index is 0.0641. The second-order valence-electron chi connectivity index (χ2n) is 4.19. The van der Waals surface area contributed by atoms with Crippen LogP contribution in [0.1, 0.15) is 5.56 Å². The Kier molecular flexibility index (Phi) is 3.40. The largest absolute Gasteiger partial charge is 0.291 e. The van der Waals surface area contributed by atoms with Crippen molar-refractivity contribution in [2.24, 2.45) is 0 Å². The lowest BCUT2D eigenvalue weighted by Crippen LogP contribution is -2.05. The van der Waals surface area contributed by atoms with Crippen molar-refractivity contribution in [2.45, 2.75) is 10.9 Å². The van der Waals surface area contributed by atoms with E-state index >= 15 is 0 Å². The van der Waals surface area contributed by atoms with E-state index in [4.69, 9.17) is 0 Å². The van der Waals surface area contributed by atoms with Crippen molar-refractivity contribution in [3.8, 4) is 0 Å². The second-order valence-corrected chi connectivity index (χ2v) is 5.14. The Hall–Kier alpha value is -2.68. The molecule has 0 saturated carbocycles. The molecular weight excluding hydrogens is 294 g/mol. The topological polar surface area (TPSA) is 106 Å². The summed E-state index contributed by atoms with van der Waals surface area (Å²) in [5, 5.41) is 19.1. The van der Waals surface area contributed by atoms with Gasteiger partial charge in [0.1, 0.15) is 0 Å². The van der Waals surface area contributed by atoms with Gasteiger partial charge in [0.15, 0.2) is 5.16 Å². The average molecular weight is 303 g/mol. The number of rotatable bonds is 4. The van der Waals surface area contributed by atoms with Gasteiger partial charge in [0.2, 0.25) is 5.78 Å². The zero-order valence-electron chi connectivity index (χ0n) is 10.6. The molecule has 1 aromatic carbocycles. The molecule has 3 rings (SSSR count). The van der Waals surface area contributed by atoms with Crippen LogP contribution in [0.15, 0.2) is 46.5 Å². The third kappa shape index (κ3) is 2.77. The van der Waals surface area contributed by atoms with Crippen LogP contribution in [0, 0.1) is 10.1 Å². The van der Waals surface area contributed by atoms with Gasteiger partial charge in [-0.1, -0.05) is 23.9 Å². The Morgan fingerprint density at radius 2 is 2.00 bits per heavy atom. The number of nitro benzene ring substituents is 1. The van der Waals surface area contributed by atoms with Crippen LogP contribution in [0.3, 0.4) is 0 Å². The first-order chi connectivity index (χ1) is 10.1. The Balaban J connectivity index is 1.77. The maximum atomic E-state index is 11.2. The third-order valence-corrected chi connectivity index (χ3v) is 3.80. The lowest BCUT2D eigenvalue weighted by molar-refractivity contribution is -0.384. The van der Waals surface area contributed by atoms with Gasteiger partial charge in [0.25, 0.3) is 11.2 Å². The van der Waals surface area contributed by atoms with Crippen LogP contribution < -0.4 is 5.56 Å². The van der Waals surface area contributed by atoms with Crippen LogP contribution in [0.4, 0.5) is 5.69 Å². The van der Waals surface area contributed by atoms with Gasteiger partial charge in [-0.3, -0.25) is 24.3 Å². The van der Waals surface area contributed by atoms with Gasteiger partial charge in [-0.25, -0.2) is 0 Å². The number of hydrogen-bond acceptors (Lipinski definition) is 6. The molecule has 1 N–H and O–H groups in total. The first-order valence-electron chi connectivity index (χ1n) is 5.94. The molecule has 0 bridgehead atoms. The highest BCUT2D eigenvalue weighted by Gasteiger charge is 2.08. The van der Waals surface area contributed by atoms with Crippen molar-refractivity contribution >= 4 is 23.2 Å². The van der Waals surface area contributed by atoms with Crippen LogP contribution in [0.5, 0.6) is 0 Å². The number of nitro groups is 1. The smallest absolute Gasteiger partial charge is 0.269 e. The maximum absolute atomic E-state index is 11.2. The summed E-state index contributed by atoms with van der Waals surface area (Å²) in [6.07, 6.45) is 1.60. The minimum atomic E-state index is -0.431. The number of nitrogens with zero attached hydrogens (tertiary/aromatic N) is 4. The molecule has 3 aromatic rings. The van der Waals surface area contributed by atoms with Crippen molar-refractivity contribution in [3.05, 3.63) is 62.6 Å². The molecule has 0 unspecified atom stereocenters. The number of benzene rings is 1. The van der Waals surface area contributed by atoms with E-state index < -0.39 is 4.92 Å². The van der Waals surface area contributed by atoms with Gasteiger partial charge in [-0.05, 0) is 5.56 Å². The van der Waals surface area contributed by atoms with Gasteiger partial charge < -0.3 is 0 Å². The van der Waals surface area contributed by atoms with E-state index in [0.717, 1.165) is 5.56 Å². The molecule has 2 aromatic heterocycles. The number of aromatic nitrogens is 4. The highest BCUT2D eigenvalue weighted by molar-refractivity contribution is 7.98. The van der Waals surface area contributed by atoms with Gasteiger partial charge in [-0.2, -0.15) is 0 Å². The molecule has 0 saturated heterocycles. The predicted octanol–water partition coefficient (Wildman–Crippen LogP) is 1.62. The van der Waals surface area contributed by atoms with E-state index in [2.05, 4.69) is 15.2 Å². The Bertz CT molecular complexity index is 855. The van der Waals surface area contributed by atoms with Crippen LogP contribution in [0.2, 0.25) is 0 Å². The second kappa shape index (κ2) is 5.37. The van der Waals surface area contributed by atoms with Crippen molar-refractivity contribution in [1.29, 1.82) is 0 Å². The van der Waals surface area contributed by atoms with Crippen LogP contribution in [-0.2, 0) is 5.75 Å². The Morgan fingerprint density at radius 3 is 2.71 bits per heavy atom. The molecule has 0 atom stereocenters. The van der Waals surface area contributed by atoms with E-state index in [1.165, 1.54) is 30.0 Å². The number of H-pyrrole nitrogens is 1. The highest BCUT2D eigenvalue weighted by Crippen LogP contribution is 2.22. The van der Waals surface area contributed by atoms with Crippen molar-refractivity contribution < 1.29 is 4.92 Å². The lowest BCUT2D eigenvalue weighted by Gasteiger charge is -2.00. The van der Waals surface area contributed by atoms with E-state index in [0.29, 0.717) is 16.7 Å². The van der Waals surface area contributed by atoms with Crippen molar-refractivity contribution in [2.75, 3.05) is 0 Å². The summed E-state index contributed by atoms with van der Waals surface area (Å²) in [4.78, 5) is 23.9. The maximum Gasteiger partial charge on any atom is 0.269 e. The molecule has 9 heteroatoms. The predicted molar refractivity (Wildman–Crippen MR) is 76.3 cm³/mol. The fourth-order valence-corrected chi connectivity index (χ4v) is 2.62. The first-order valence-corrected chi connectivity index (χ1v) is 6.92.